The SMILES string of the molecule is C1=C\CC/C=C\CC/1.C1CCC(P(C2CCCCC2)C2CCCCC2)CC1.[Ir].c1ccncc1. The Balaban J connectivity index is 0.000000224. The van der Waals surface area contributed by atoms with Gasteiger partial charge in [-0.05, 0) is 93.3 Å². The molecule has 1 aromatic heterocycles. The standard InChI is InChI=1S/C18H33P.C8H12.C5H5N.Ir/c1-4-10-16(11-5-1)19(17-12-6-2-7-13-17)18-14-8-3-9-15-18;1-2-4-6-8-7-5-3-1;1-2-4-6-5-3-1;/h16-18H,1-15H2;1-2,7-8H,3-6H2;1-5H;/b;2-1-,8-7-;;. The first-order chi connectivity index (χ1) is 16.4. The Kier molecular flexibility index (Phi) is 17.5. The number of allylic oxidation sites excluding steroid dienone is 4. The van der Waals surface area contributed by atoms with Gasteiger partial charge in [0.15, 0.2) is 0 Å². The number of rotatable bonds is 3. The molecule has 193 valence electrons. The maximum absolute atomic E-state index is 3.78. The second-order valence-electron chi connectivity index (χ2n) is 10.4. The molecule has 0 saturated heterocycles. The van der Waals surface area contributed by atoms with Crippen molar-refractivity contribution in [1.82, 2.24) is 4.98 Å². The van der Waals surface area contributed by atoms with Crippen molar-refractivity contribution < 1.29 is 20.1 Å². The van der Waals surface area contributed by atoms with E-state index in [0.29, 0.717) is 7.92 Å². The molecule has 1 heterocycles. The third kappa shape index (κ3) is 12.1. The fourth-order valence-electron chi connectivity index (χ4n) is 6.20. The average molecular weight is 660 g/mol. The van der Waals surface area contributed by atoms with Gasteiger partial charge in [0.05, 0.1) is 0 Å². The van der Waals surface area contributed by atoms with Crippen LogP contribution in [-0.4, -0.2) is 22.0 Å². The first kappa shape index (κ1) is 29.9. The molecule has 4 aliphatic carbocycles. The minimum atomic E-state index is 0. The first-order valence-corrected chi connectivity index (χ1v) is 15.9. The largest absolute Gasteiger partial charge is 0.265 e. The fourth-order valence-corrected chi connectivity index (χ4v) is 10.9. The van der Waals surface area contributed by atoms with Gasteiger partial charge < -0.3 is 0 Å². The van der Waals surface area contributed by atoms with E-state index in [0.717, 1.165) is 0 Å². The summed E-state index contributed by atoms with van der Waals surface area (Å²) >= 11 is 0. The van der Waals surface area contributed by atoms with Gasteiger partial charge in [-0.3, -0.25) is 4.98 Å². The Morgan fingerprint density at radius 2 is 0.765 bits per heavy atom. The Morgan fingerprint density at radius 1 is 0.441 bits per heavy atom. The Hall–Kier alpha value is -0.291. The van der Waals surface area contributed by atoms with E-state index >= 15 is 0 Å². The molecular formula is C31H50IrNP. The summed E-state index contributed by atoms with van der Waals surface area (Å²) in [4.78, 5) is 3.78. The van der Waals surface area contributed by atoms with E-state index in [1.54, 1.807) is 89.4 Å². The summed E-state index contributed by atoms with van der Waals surface area (Å²) in [5.74, 6) is 0. The van der Waals surface area contributed by atoms with Crippen LogP contribution in [-0.2, 0) is 20.1 Å². The summed E-state index contributed by atoms with van der Waals surface area (Å²) in [7, 11) is 0.385. The van der Waals surface area contributed by atoms with Gasteiger partial charge in [-0.2, -0.15) is 0 Å². The monoisotopic (exact) mass is 660 g/mol. The van der Waals surface area contributed by atoms with Crippen molar-refractivity contribution in [3.05, 3.63) is 54.9 Å². The van der Waals surface area contributed by atoms with E-state index in [1.165, 1.54) is 61.9 Å². The molecule has 0 aliphatic heterocycles. The van der Waals surface area contributed by atoms with Crippen LogP contribution in [0.15, 0.2) is 54.9 Å². The molecule has 0 aromatic carbocycles. The zero-order valence-corrected chi connectivity index (χ0v) is 24.9. The van der Waals surface area contributed by atoms with E-state index < -0.39 is 0 Å². The second kappa shape index (κ2) is 19.8. The molecule has 3 fully saturated rings. The van der Waals surface area contributed by atoms with E-state index in [1.807, 2.05) is 18.2 Å². The van der Waals surface area contributed by atoms with Crippen molar-refractivity contribution in [2.45, 2.75) is 139 Å². The van der Waals surface area contributed by atoms with Gasteiger partial charge in [-0.1, -0.05) is 96.1 Å². The molecule has 0 bridgehead atoms. The van der Waals surface area contributed by atoms with Crippen molar-refractivity contribution >= 4 is 7.92 Å². The smallest absolute Gasteiger partial charge is 0.0267 e. The minimum absolute atomic E-state index is 0. The van der Waals surface area contributed by atoms with Gasteiger partial charge in [-0.25, -0.2) is 0 Å². The molecule has 0 atom stereocenters. The van der Waals surface area contributed by atoms with Gasteiger partial charge in [-0.15, -0.1) is 0 Å². The van der Waals surface area contributed by atoms with Crippen molar-refractivity contribution in [2.75, 3.05) is 0 Å². The van der Waals surface area contributed by atoms with Crippen LogP contribution >= 0.6 is 7.92 Å². The molecule has 5 rings (SSSR count). The molecule has 3 saturated carbocycles. The molecule has 1 aromatic rings. The summed E-state index contributed by atoms with van der Waals surface area (Å²) in [6, 6.07) is 5.72. The molecule has 0 spiro atoms. The normalized spacial score (nSPS) is 24.1. The Morgan fingerprint density at radius 3 is 1.00 bits per heavy atom. The van der Waals surface area contributed by atoms with Crippen molar-refractivity contribution in [3.63, 3.8) is 0 Å². The predicted octanol–water partition coefficient (Wildman–Crippen LogP) is 10.2. The molecule has 0 amide bonds. The Labute approximate surface area is 226 Å². The fraction of sp³-hybridized carbons (Fsp3) is 0.710. The predicted molar refractivity (Wildman–Crippen MR) is 149 cm³/mol. The van der Waals surface area contributed by atoms with Crippen LogP contribution in [0.2, 0.25) is 0 Å². The number of aromatic nitrogens is 1. The van der Waals surface area contributed by atoms with Crippen molar-refractivity contribution in [1.29, 1.82) is 0 Å². The summed E-state index contributed by atoms with van der Waals surface area (Å²) in [5.41, 5.74) is 3.57. The van der Waals surface area contributed by atoms with E-state index in [-0.39, 0.29) is 20.1 Å². The van der Waals surface area contributed by atoms with Gasteiger partial charge in [0.25, 0.3) is 0 Å². The number of hydrogen-bond donors (Lipinski definition) is 0. The van der Waals surface area contributed by atoms with Gasteiger partial charge in [0.1, 0.15) is 0 Å². The molecule has 0 unspecified atom stereocenters. The number of pyridine rings is 1. The van der Waals surface area contributed by atoms with E-state index in [2.05, 4.69) is 29.3 Å². The third-order valence-electron chi connectivity index (χ3n) is 7.89. The molecule has 1 radical (unpaired) electrons. The van der Waals surface area contributed by atoms with Crippen molar-refractivity contribution in [3.8, 4) is 0 Å². The summed E-state index contributed by atoms with van der Waals surface area (Å²) < 4.78 is 0. The summed E-state index contributed by atoms with van der Waals surface area (Å²) in [6.45, 7) is 0. The molecule has 0 N–H and O–H groups in total. The average Bonchev–Trinajstić information content (AvgIpc) is 2.88. The topological polar surface area (TPSA) is 12.9 Å². The van der Waals surface area contributed by atoms with Crippen LogP contribution in [0.4, 0.5) is 0 Å². The first-order valence-electron chi connectivity index (χ1n) is 14.4. The van der Waals surface area contributed by atoms with E-state index in [4.69, 9.17) is 0 Å². The third-order valence-corrected chi connectivity index (χ3v) is 12.0. The van der Waals surface area contributed by atoms with Gasteiger partial charge >= 0.3 is 0 Å². The number of nitrogens with zero attached hydrogens (tertiary/aromatic N) is 1. The maximum atomic E-state index is 3.78. The van der Waals surface area contributed by atoms with Gasteiger partial charge in [0, 0.05) is 32.5 Å². The quantitative estimate of drug-likeness (QED) is 0.233. The van der Waals surface area contributed by atoms with E-state index in [9.17, 15) is 0 Å². The van der Waals surface area contributed by atoms with Crippen LogP contribution in [0.25, 0.3) is 0 Å². The van der Waals surface area contributed by atoms with Crippen LogP contribution in [0.5, 0.6) is 0 Å². The summed E-state index contributed by atoms with van der Waals surface area (Å²) in [6.07, 6.45) is 41.1. The molecule has 3 heteroatoms. The van der Waals surface area contributed by atoms with Crippen molar-refractivity contribution in [2.24, 2.45) is 0 Å². The zero-order valence-electron chi connectivity index (χ0n) is 21.6. The Bertz CT molecular complexity index is 533. The van der Waals surface area contributed by atoms with Crippen LogP contribution < -0.4 is 0 Å². The maximum Gasteiger partial charge on any atom is 0.0267 e. The molecule has 1 nitrogen and oxygen atoms in total. The zero-order chi connectivity index (χ0) is 22.8. The summed E-state index contributed by atoms with van der Waals surface area (Å²) in [5, 5.41) is 0. The minimum Gasteiger partial charge on any atom is -0.265 e. The molecule has 4 aliphatic rings. The molecular weight excluding hydrogens is 610 g/mol. The van der Waals surface area contributed by atoms with Crippen LogP contribution in [0, 0.1) is 0 Å². The number of hydrogen-bond acceptors (Lipinski definition) is 1. The van der Waals surface area contributed by atoms with Crippen LogP contribution in [0.1, 0.15) is 122 Å². The van der Waals surface area contributed by atoms with Crippen LogP contribution in [0.3, 0.4) is 0 Å². The second-order valence-corrected chi connectivity index (χ2v) is 13.5. The van der Waals surface area contributed by atoms with Gasteiger partial charge in [0.2, 0.25) is 0 Å². The molecule has 34 heavy (non-hydrogen) atoms.